The first-order valence-corrected chi connectivity index (χ1v) is 5.61. The number of aromatic carboxylic acids is 1. The summed E-state index contributed by atoms with van der Waals surface area (Å²) in [5, 5.41) is 12.3. The number of methoxy groups -OCH3 is 3. The lowest BCUT2D eigenvalue weighted by molar-refractivity contribution is 0.0686. The van der Waals surface area contributed by atoms with Crippen LogP contribution in [0.25, 0.3) is 11.3 Å². The molecule has 106 valence electrons. The third-order valence-electron chi connectivity index (χ3n) is 2.68. The van der Waals surface area contributed by atoms with E-state index in [1.807, 2.05) is 0 Å². The molecule has 0 atom stereocenters. The molecular formula is C13H13NO6. The van der Waals surface area contributed by atoms with E-state index in [0.717, 1.165) is 0 Å². The Hall–Kier alpha value is -2.70. The van der Waals surface area contributed by atoms with Gasteiger partial charge >= 0.3 is 5.97 Å². The van der Waals surface area contributed by atoms with Crippen LogP contribution in [-0.2, 0) is 0 Å². The SMILES string of the molecule is COc1cc(OC)c(OC)c(-c2cc(C(=O)O)no2)c1. The first kappa shape index (κ1) is 13.7. The summed E-state index contributed by atoms with van der Waals surface area (Å²) in [7, 11) is 4.47. The Kier molecular flexibility index (Phi) is 3.79. The molecule has 1 heterocycles. The lowest BCUT2D eigenvalue weighted by Crippen LogP contribution is -1.95. The molecule has 7 nitrogen and oxygen atoms in total. The minimum atomic E-state index is -1.17. The maximum Gasteiger partial charge on any atom is 0.358 e. The molecule has 1 aromatic carbocycles. The van der Waals surface area contributed by atoms with Crippen molar-refractivity contribution in [1.82, 2.24) is 5.16 Å². The zero-order valence-corrected chi connectivity index (χ0v) is 11.2. The summed E-state index contributed by atoms with van der Waals surface area (Å²) in [5.74, 6) is 0.438. The van der Waals surface area contributed by atoms with Crippen molar-refractivity contribution in [2.45, 2.75) is 0 Å². The average Bonchev–Trinajstić information content (AvgIpc) is 2.95. The Labute approximate surface area is 114 Å². The number of rotatable bonds is 5. The Morgan fingerprint density at radius 3 is 2.40 bits per heavy atom. The van der Waals surface area contributed by atoms with E-state index < -0.39 is 5.97 Å². The molecule has 2 aromatic rings. The summed E-state index contributed by atoms with van der Waals surface area (Å²) in [6.45, 7) is 0. The van der Waals surface area contributed by atoms with Crippen LogP contribution in [0.1, 0.15) is 10.5 Å². The number of benzene rings is 1. The van der Waals surface area contributed by atoms with Crippen molar-refractivity contribution >= 4 is 5.97 Å². The van der Waals surface area contributed by atoms with Gasteiger partial charge in [-0.25, -0.2) is 4.79 Å². The zero-order chi connectivity index (χ0) is 14.7. The highest BCUT2D eigenvalue weighted by molar-refractivity contribution is 5.87. The molecule has 0 saturated heterocycles. The van der Waals surface area contributed by atoms with Gasteiger partial charge in [0, 0.05) is 12.1 Å². The largest absolute Gasteiger partial charge is 0.497 e. The molecule has 0 aliphatic heterocycles. The fraction of sp³-hybridized carbons (Fsp3) is 0.231. The number of hydrogen-bond donors (Lipinski definition) is 1. The second-order valence-electron chi connectivity index (χ2n) is 3.79. The minimum absolute atomic E-state index is 0.191. The van der Waals surface area contributed by atoms with Crippen molar-refractivity contribution in [2.75, 3.05) is 21.3 Å². The van der Waals surface area contributed by atoms with Gasteiger partial charge in [0.15, 0.2) is 23.0 Å². The van der Waals surface area contributed by atoms with E-state index in [2.05, 4.69) is 5.16 Å². The Morgan fingerprint density at radius 2 is 1.90 bits per heavy atom. The molecule has 0 spiro atoms. The molecule has 0 saturated carbocycles. The van der Waals surface area contributed by atoms with Crippen molar-refractivity contribution in [2.24, 2.45) is 0 Å². The maximum atomic E-state index is 10.8. The molecule has 0 unspecified atom stereocenters. The number of carboxylic acid groups (broad SMARTS) is 1. The van der Waals surface area contributed by atoms with E-state index in [9.17, 15) is 4.79 Å². The number of carbonyl (C=O) groups is 1. The van der Waals surface area contributed by atoms with Crippen LogP contribution in [0, 0.1) is 0 Å². The highest BCUT2D eigenvalue weighted by atomic mass is 16.5. The molecule has 0 aliphatic rings. The van der Waals surface area contributed by atoms with E-state index in [-0.39, 0.29) is 11.5 Å². The molecule has 0 bridgehead atoms. The van der Waals surface area contributed by atoms with E-state index in [1.165, 1.54) is 27.4 Å². The van der Waals surface area contributed by atoms with Crippen molar-refractivity contribution in [3.8, 4) is 28.6 Å². The van der Waals surface area contributed by atoms with Crippen LogP contribution in [0.3, 0.4) is 0 Å². The second kappa shape index (κ2) is 5.52. The fourth-order valence-corrected chi connectivity index (χ4v) is 1.74. The summed E-state index contributed by atoms with van der Waals surface area (Å²) in [6.07, 6.45) is 0. The first-order valence-electron chi connectivity index (χ1n) is 5.61. The van der Waals surface area contributed by atoms with Gasteiger partial charge < -0.3 is 23.8 Å². The molecule has 0 fully saturated rings. The Balaban J connectivity index is 2.60. The number of ether oxygens (including phenoxy) is 3. The molecule has 0 amide bonds. The van der Waals surface area contributed by atoms with E-state index in [4.69, 9.17) is 23.8 Å². The van der Waals surface area contributed by atoms with E-state index >= 15 is 0 Å². The van der Waals surface area contributed by atoms with E-state index in [1.54, 1.807) is 12.1 Å². The van der Waals surface area contributed by atoms with Crippen molar-refractivity contribution < 1.29 is 28.6 Å². The third-order valence-corrected chi connectivity index (χ3v) is 2.68. The number of aromatic nitrogens is 1. The van der Waals surface area contributed by atoms with Gasteiger partial charge in [-0.2, -0.15) is 0 Å². The van der Waals surface area contributed by atoms with Crippen LogP contribution in [0.2, 0.25) is 0 Å². The van der Waals surface area contributed by atoms with Crippen LogP contribution in [0.15, 0.2) is 22.7 Å². The summed E-state index contributed by atoms with van der Waals surface area (Å²) >= 11 is 0. The fourth-order valence-electron chi connectivity index (χ4n) is 1.74. The predicted octanol–water partition coefficient (Wildman–Crippen LogP) is 2.07. The van der Waals surface area contributed by atoms with Gasteiger partial charge in [0.1, 0.15) is 5.75 Å². The van der Waals surface area contributed by atoms with Crippen LogP contribution >= 0.6 is 0 Å². The molecule has 0 radical (unpaired) electrons. The summed E-state index contributed by atoms with van der Waals surface area (Å²) in [6, 6.07) is 4.60. The minimum Gasteiger partial charge on any atom is -0.497 e. The summed E-state index contributed by atoms with van der Waals surface area (Å²) in [4.78, 5) is 10.8. The van der Waals surface area contributed by atoms with Gasteiger partial charge in [-0.15, -0.1) is 0 Å². The van der Waals surface area contributed by atoms with Crippen molar-refractivity contribution in [1.29, 1.82) is 0 Å². The highest BCUT2D eigenvalue weighted by Gasteiger charge is 2.20. The van der Waals surface area contributed by atoms with Gasteiger partial charge in [0.05, 0.1) is 26.9 Å². The summed E-state index contributed by atoms with van der Waals surface area (Å²) < 4.78 is 20.7. The molecular weight excluding hydrogens is 266 g/mol. The van der Waals surface area contributed by atoms with Gasteiger partial charge in [0.25, 0.3) is 0 Å². The lowest BCUT2D eigenvalue weighted by atomic mass is 10.1. The molecule has 1 N–H and O–H groups in total. The first-order chi connectivity index (χ1) is 9.60. The molecule has 1 aromatic heterocycles. The third kappa shape index (κ3) is 2.37. The maximum absolute atomic E-state index is 10.8. The van der Waals surface area contributed by atoms with Crippen LogP contribution < -0.4 is 14.2 Å². The standard InChI is InChI=1S/C13H13NO6/c1-17-7-4-8(12(19-3)11(5-7)18-2)10-6-9(13(15)16)14-20-10/h4-6H,1-3H3,(H,15,16). The molecule has 0 aliphatic carbocycles. The van der Waals surface area contributed by atoms with Crippen molar-refractivity contribution in [3.05, 3.63) is 23.9 Å². The number of hydrogen-bond acceptors (Lipinski definition) is 6. The monoisotopic (exact) mass is 279 g/mol. The van der Waals surface area contributed by atoms with Crippen molar-refractivity contribution in [3.63, 3.8) is 0 Å². The lowest BCUT2D eigenvalue weighted by Gasteiger charge is -2.12. The van der Waals surface area contributed by atoms with Crippen LogP contribution in [0.5, 0.6) is 17.2 Å². The normalized spacial score (nSPS) is 10.2. The smallest absolute Gasteiger partial charge is 0.358 e. The molecule has 20 heavy (non-hydrogen) atoms. The summed E-state index contributed by atoms with van der Waals surface area (Å²) in [5.41, 5.74) is 0.299. The van der Waals surface area contributed by atoms with Gasteiger partial charge in [0.2, 0.25) is 0 Å². The molecule has 7 heteroatoms. The van der Waals surface area contributed by atoms with Crippen LogP contribution in [0.4, 0.5) is 0 Å². The van der Waals surface area contributed by atoms with Gasteiger partial charge in [-0.05, 0) is 6.07 Å². The number of nitrogens with zero attached hydrogens (tertiary/aromatic N) is 1. The van der Waals surface area contributed by atoms with Gasteiger partial charge in [-0.3, -0.25) is 0 Å². The quantitative estimate of drug-likeness (QED) is 0.895. The average molecular weight is 279 g/mol. The number of carboxylic acids is 1. The molecule has 2 rings (SSSR count). The topological polar surface area (TPSA) is 91.0 Å². The Morgan fingerprint density at radius 1 is 1.15 bits per heavy atom. The second-order valence-corrected chi connectivity index (χ2v) is 3.79. The predicted molar refractivity (Wildman–Crippen MR) is 68.6 cm³/mol. The van der Waals surface area contributed by atoms with Crippen LogP contribution in [-0.4, -0.2) is 37.6 Å². The van der Waals surface area contributed by atoms with Gasteiger partial charge in [-0.1, -0.05) is 5.16 Å². The van der Waals surface area contributed by atoms with E-state index in [0.29, 0.717) is 22.8 Å². The Bertz CT molecular complexity index is 634. The highest BCUT2D eigenvalue weighted by Crippen LogP contribution is 2.41. The zero-order valence-electron chi connectivity index (χ0n) is 11.2.